The summed E-state index contributed by atoms with van der Waals surface area (Å²) in [6.45, 7) is 4.69. The molecule has 2 heterocycles. The minimum Gasteiger partial charge on any atom is -0.453 e. The van der Waals surface area contributed by atoms with E-state index in [4.69, 9.17) is 4.74 Å². The summed E-state index contributed by atoms with van der Waals surface area (Å²) in [5, 5.41) is 4.82. The molecule has 0 N–H and O–H groups in total. The molecule has 8 aromatic rings. The predicted molar refractivity (Wildman–Crippen MR) is 208 cm³/mol. The summed E-state index contributed by atoms with van der Waals surface area (Å²) in [5.74, 6) is 1.77. The molecule has 0 atom stereocenters. The van der Waals surface area contributed by atoms with Crippen molar-refractivity contribution in [2.75, 3.05) is 9.80 Å². The second-order valence-corrected chi connectivity index (χ2v) is 13.8. The van der Waals surface area contributed by atoms with E-state index < -0.39 is 0 Å². The predicted octanol–water partition coefficient (Wildman–Crippen LogP) is 13.3. The number of benzene rings is 8. The van der Waals surface area contributed by atoms with E-state index in [2.05, 4.69) is 194 Å². The van der Waals surface area contributed by atoms with E-state index in [1.54, 1.807) is 0 Å². The SMILES string of the molecule is CC1(C)c2cc(N(c3ccc(-c4ccccc4)cc3)c3ccc4ccccc4c3)ccc2N2c3c(cccc31)Oc1ccc3ccccc3c12. The van der Waals surface area contributed by atoms with E-state index in [9.17, 15) is 0 Å². The van der Waals surface area contributed by atoms with Gasteiger partial charge in [0.2, 0.25) is 0 Å². The molecule has 10 rings (SSSR count). The zero-order chi connectivity index (χ0) is 33.4. The van der Waals surface area contributed by atoms with Crippen molar-refractivity contribution in [3.63, 3.8) is 0 Å². The second-order valence-electron chi connectivity index (χ2n) is 13.8. The highest BCUT2D eigenvalue weighted by Crippen LogP contribution is 2.61. The topological polar surface area (TPSA) is 15.7 Å². The van der Waals surface area contributed by atoms with E-state index in [1.165, 1.54) is 49.5 Å². The van der Waals surface area contributed by atoms with Crippen molar-refractivity contribution < 1.29 is 4.74 Å². The zero-order valence-electron chi connectivity index (χ0n) is 28.0. The molecule has 0 amide bonds. The highest BCUT2D eigenvalue weighted by molar-refractivity contribution is 6.06. The van der Waals surface area contributed by atoms with Crippen LogP contribution in [0.2, 0.25) is 0 Å². The molecule has 3 heteroatoms. The Morgan fingerprint density at radius 2 is 1.10 bits per heavy atom. The van der Waals surface area contributed by atoms with E-state index >= 15 is 0 Å². The normalized spacial score (nSPS) is 13.7. The Bertz CT molecular complexity index is 2610. The summed E-state index contributed by atoms with van der Waals surface area (Å²) in [7, 11) is 0. The number of hydrogen-bond donors (Lipinski definition) is 0. The van der Waals surface area contributed by atoms with Crippen LogP contribution in [-0.4, -0.2) is 0 Å². The lowest BCUT2D eigenvalue weighted by Crippen LogP contribution is -2.32. The molecular weight excluding hydrogens is 609 g/mol. The van der Waals surface area contributed by atoms with Crippen LogP contribution in [-0.2, 0) is 5.41 Å². The van der Waals surface area contributed by atoms with Gasteiger partial charge in [-0.1, -0.05) is 129 Å². The van der Waals surface area contributed by atoms with Crippen molar-refractivity contribution in [2.24, 2.45) is 0 Å². The van der Waals surface area contributed by atoms with E-state index in [0.717, 1.165) is 39.9 Å². The largest absolute Gasteiger partial charge is 0.453 e. The molecule has 2 aliphatic heterocycles. The molecule has 3 nitrogen and oxygen atoms in total. The first-order valence-corrected chi connectivity index (χ1v) is 17.3. The van der Waals surface area contributed by atoms with Gasteiger partial charge in [-0.15, -0.1) is 0 Å². The van der Waals surface area contributed by atoms with Crippen molar-refractivity contribution in [3.8, 4) is 22.6 Å². The molecule has 0 spiro atoms. The maximum absolute atomic E-state index is 6.65. The zero-order valence-corrected chi connectivity index (χ0v) is 28.0. The van der Waals surface area contributed by atoms with Crippen LogP contribution in [0.4, 0.5) is 34.1 Å². The van der Waals surface area contributed by atoms with Crippen molar-refractivity contribution in [1.29, 1.82) is 0 Å². The fourth-order valence-corrected chi connectivity index (χ4v) is 8.06. The molecule has 0 aliphatic carbocycles. The number of para-hydroxylation sites is 1. The van der Waals surface area contributed by atoms with Gasteiger partial charge in [0.1, 0.15) is 0 Å². The summed E-state index contributed by atoms with van der Waals surface area (Å²) >= 11 is 0. The summed E-state index contributed by atoms with van der Waals surface area (Å²) in [4.78, 5) is 4.84. The molecule has 0 unspecified atom stereocenters. The molecule has 0 aromatic heterocycles. The lowest BCUT2D eigenvalue weighted by molar-refractivity contribution is 0.472. The first-order chi connectivity index (χ1) is 24.5. The minimum absolute atomic E-state index is 0.287. The smallest absolute Gasteiger partial charge is 0.152 e. The van der Waals surface area contributed by atoms with E-state index in [0.29, 0.717) is 0 Å². The third kappa shape index (κ3) is 4.30. The maximum atomic E-state index is 6.65. The van der Waals surface area contributed by atoms with Crippen LogP contribution < -0.4 is 14.5 Å². The van der Waals surface area contributed by atoms with Gasteiger partial charge in [0.05, 0.1) is 17.1 Å². The van der Waals surface area contributed by atoms with Crippen molar-refractivity contribution in [2.45, 2.75) is 19.3 Å². The molecule has 0 saturated carbocycles. The highest BCUT2D eigenvalue weighted by atomic mass is 16.5. The molecule has 0 fully saturated rings. The van der Waals surface area contributed by atoms with Crippen LogP contribution >= 0.6 is 0 Å². The van der Waals surface area contributed by atoms with E-state index in [1.807, 2.05) is 0 Å². The summed E-state index contributed by atoms with van der Waals surface area (Å²) in [6.07, 6.45) is 0. The third-order valence-electron chi connectivity index (χ3n) is 10.6. The van der Waals surface area contributed by atoms with Crippen LogP contribution in [0.15, 0.2) is 170 Å². The molecular formula is C47H34N2O. The molecule has 238 valence electrons. The number of nitrogens with zero attached hydrogens (tertiary/aromatic N) is 2. The molecule has 0 bridgehead atoms. The Kier molecular flexibility index (Phi) is 6.22. The van der Waals surface area contributed by atoms with Gasteiger partial charge in [-0.05, 0) is 93.0 Å². The first kappa shape index (κ1) is 28.7. The van der Waals surface area contributed by atoms with Gasteiger partial charge in [0, 0.05) is 27.9 Å². The van der Waals surface area contributed by atoms with Gasteiger partial charge in [0.15, 0.2) is 11.5 Å². The van der Waals surface area contributed by atoms with Gasteiger partial charge in [0.25, 0.3) is 0 Å². The molecule has 2 aliphatic rings. The van der Waals surface area contributed by atoms with Crippen molar-refractivity contribution in [3.05, 3.63) is 181 Å². The summed E-state index contributed by atoms with van der Waals surface area (Å²) in [6, 6.07) is 61.3. The maximum Gasteiger partial charge on any atom is 0.152 e. The number of rotatable bonds is 4. The minimum atomic E-state index is -0.287. The lowest BCUT2D eigenvalue weighted by Gasteiger charge is -2.45. The Balaban J connectivity index is 1.19. The van der Waals surface area contributed by atoms with Gasteiger partial charge < -0.3 is 14.5 Å². The van der Waals surface area contributed by atoms with Crippen LogP contribution in [0.5, 0.6) is 11.5 Å². The average molecular weight is 643 g/mol. The van der Waals surface area contributed by atoms with Crippen LogP contribution in [0.1, 0.15) is 25.0 Å². The number of ether oxygens (including phenoxy) is 1. The molecule has 50 heavy (non-hydrogen) atoms. The third-order valence-corrected chi connectivity index (χ3v) is 10.6. The number of hydrogen-bond acceptors (Lipinski definition) is 3. The fraction of sp³-hybridized carbons (Fsp3) is 0.0638. The van der Waals surface area contributed by atoms with Gasteiger partial charge in [-0.3, -0.25) is 0 Å². The Hall–Kier alpha value is -6.32. The monoisotopic (exact) mass is 642 g/mol. The van der Waals surface area contributed by atoms with Gasteiger partial charge >= 0.3 is 0 Å². The Morgan fingerprint density at radius 1 is 0.460 bits per heavy atom. The van der Waals surface area contributed by atoms with Crippen LogP contribution in [0.25, 0.3) is 32.7 Å². The van der Waals surface area contributed by atoms with Gasteiger partial charge in [-0.2, -0.15) is 0 Å². The van der Waals surface area contributed by atoms with Crippen LogP contribution in [0.3, 0.4) is 0 Å². The fourth-order valence-electron chi connectivity index (χ4n) is 8.06. The average Bonchev–Trinajstić information content (AvgIpc) is 3.17. The summed E-state index contributed by atoms with van der Waals surface area (Å²) in [5.41, 5.74) is 11.4. The Morgan fingerprint density at radius 3 is 1.94 bits per heavy atom. The molecule has 8 aromatic carbocycles. The van der Waals surface area contributed by atoms with Crippen molar-refractivity contribution in [1.82, 2.24) is 0 Å². The van der Waals surface area contributed by atoms with Gasteiger partial charge in [-0.25, -0.2) is 0 Å². The van der Waals surface area contributed by atoms with Crippen molar-refractivity contribution >= 4 is 55.7 Å². The van der Waals surface area contributed by atoms with Crippen LogP contribution in [0, 0.1) is 0 Å². The summed E-state index contributed by atoms with van der Waals surface area (Å²) < 4.78 is 6.65. The quantitative estimate of drug-likeness (QED) is 0.190. The number of anilines is 6. The first-order valence-electron chi connectivity index (χ1n) is 17.3. The number of fused-ring (bicyclic) bond motifs is 7. The highest BCUT2D eigenvalue weighted by Gasteiger charge is 2.42. The molecule has 0 radical (unpaired) electrons. The second kappa shape index (κ2) is 10.8. The van der Waals surface area contributed by atoms with E-state index in [-0.39, 0.29) is 5.41 Å². The lowest BCUT2D eigenvalue weighted by atomic mass is 9.73. The standard InChI is InChI=1S/C47H34N2O/c1-47(2)40-17-10-18-43-46(40)49(45-39-16-9-8-14-34(39)22-28-44(45)50-43)42-27-26-38(30-41(42)47)48(37-25-21-32-13-6-7-15-35(32)29-37)36-23-19-33(20-24-36)31-11-4-3-5-12-31/h3-30H,1-2H3. The molecule has 0 saturated heterocycles. The Labute approximate surface area is 292 Å².